The molecule has 2 N–H and O–H groups in total. The second kappa shape index (κ2) is 5.16. The SMILES string of the molecule is O=C(Nc1c(Cl)ncnc1Cl)c1cncc(O)c1. The molecule has 0 unspecified atom stereocenters. The molecule has 18 heavy (non-hydrogen) atoms. The number of nitrogens with one attached hydrogen (secondary N) is 1. The fourth-order valence-electron chi connectivity index (χ4n) is 1.19. The molecular weight excluding hydrogens is 279 g/mol. The van der Waals surface area contributed by atoms with E-state index in [-0.39, 0.29) is 27.3 Å². The minimum atomic E-state index is -0.531. The third-order valence-electron chi connectivity index (χ3n) is 1.98. The first kappa shape index (κ1) is 12.5. The minimum Gasteiger partial charge on any atom is -0.506 e. The molecule has 0 fully saturated rings. The van der Waals surface area contributed by atoms with Crippen LogP contribution in [0.4, 0.5) is 5.69 Å². The molecule has 0 aliphatic rings. The fourth-order valence-corrected chi connectivity index (χ4v) is 1.59. The summed E-state index contributed by atoms with van der Waals surface area (Å²) < 4.78 is 0. The number of hydrogen-bond donors (Lipinski definition) is 2. The molecule has 0 atom stereocenters. The lowest BCUT2D eigenvalue weighted by molar-refractivity contribution is 0.102. The van der Waals surface area contributed by atoms with Gasteiger partial charge >= 0.3 is 0 Å². The number of pyridine rings is 1. The topological polar surface area (TPSA) is 88.0 Å². The minimum absolute atomic E-state index is 0.0245. The van der Waals surface area contributed by atoms with Gasteiger partial charge in [0.25, 0.3) is 5.91 Å². The molecule has 0 saturated carbocycles. The van der Waals surface area contributed by atoms with E-state index < -0.39 is 5.91 Å². The summed E-state index contributed by atoms with van der Waals surface area (Å²) in [6, 6.07) is 1.26. The van der Waals surface area contributed by atoms with Crippen molar-refractivity contribution in [1.82, 2.24) is 15.0 Å². The Morgan fingerprint density at radius 2 is 1.89 bits per heavy atom. The van der Waals surface area contributed by atoms with Crippen molar-refractivity contribution in [3.8, 4) is 5.75 Å². The first-order valence-electron chi connectivity index (χ1n) is 4.69. The summed E-state index contributed by atoms with van der Waals surface area (Å²) in [4.78, 5) is 22.9. The van der Waals surface area contributed by atoms with Gasteiger partial charge in [-0.1, -0.05) is 23.2 Å². The molecule has 0 aliphatic heterocycles. The van der Waals surface area contributed by atoms with Crippen LogP contribution in [0.2, 0.25) is 10.3 Å². The fraction of sp³-hybridized carbons (Fsp3) is 0. The van der Waals surface area contributed by atoms with Crippen molar-refractivity contribution in [1.29, 1.82) is 0 Å². The van der Waals surface area contributed by atoms with Crippen molar-refractivity contribution in [3.05, 3.63) is 40.7 Å². The van der Waals surface area contributed by atoms with E-state index in [9.17, 15) is 9.90 Å². The molecule has 1 amide bonds. The quantitative estimate of drug-likeness (QED) is 0.825. The third-order valence-corrected chi connectivity index (χ3v) is 2.55. The molecule has 6 nitrogen and oxygen atoms in total. The van der Waals surface area contributed by atoms with Gasteiger partial charge in [-0.3, -0.25) is 9.78 Å². The number of hydrogen-bond acceptors (Lipinski definition) is 5. The summed E-state index contributed by atoms with van der Waals surface area (Å²) in [6.07, 6.45) is 3.68. The van der Waals surface area contributed by atoms with Crippen LogP contribution in [0.15, 0.2) is 24.8 Å². The van der Waals surface area contributed by atoms with Gasteiger partial charge in [0.15, 0.2) is 10.3 Å². The van der Waals surface area contributed by atoms with E-state index in [1.807, 2.05) is 0 Å². The molecule has 2 rings (SSSR count). The average Bonchev–Trinajstić information content (AvgIpc) is 2.34. The molecule has 0 saturated heterocycles. The van der Waals surface area contributed by atoms with Gasteiger partial charge in [-0.15, -0.1) is 0 Å². The predicted molar refractivity (Wildman–Crippen MR) is 65.9 cm³/mol. The zero-order valence-corrected chi connectivity index (χ0v) is 10.3. The molecule has 92 valence electrons. The first-order chi connectivity index (χ1) is 8.58. The highest BCUT2D eigenvalue weighted by Gasteiger charge is 2.13. The maximum Gasteiger partial charge on any atom is 0.257 e. The summed E-state index contributed by atoms with van der Waals surface area (Å²) in [5.74, 6) is -0.652. The van der Waals surface area contributed by atoms with Gasteiger partial charge in [0.1, 0.15) is 17.8 Å². The molecule has 2 aromatic rings. The van der Waals surface area contributed by atoms with Crippen LogP contribution in [0.25, 0.3) is 0 Å². The van der Waals surface area contributed by atoms with Crippen LogP contribution in [-0.4, -0.2) is 26.0 Å². The van der Waals surface area contributed by atoms with Crippen LogP contribution in [0.5, 0.6) is 5.75 Å². The van der Waals surface area contributed by atoms with Gasteiger partial charge in [-0.2, -0.15) is 0 Å². The maximum atomic E-state index is 11.8. The standard InChI is InChI=1S/C10H6Cl2N4O2/c11-8-7(9(12)15-4-14-8)16-10(18)5-1-6(17)3-13-2-5/h1-4,17H,(H,16,18). The molecule has 2 aromatic heterocycles. The highest BCUT2D eigenvalue weighted by atomic mass is 35.5. The largest absolute Gasteiger partial charge is 0.506 e. The molecule has 0 bridgehead atoms. The lowest BCUT2D eigenvalue weighted by Crippen LogP contribution is -2.13. The summed E-state index contributed by atoms with van der Waals surface area (Å²) in [5, 5.41) is 11.7. The van der Waals surface area contributed by atoms with E-state index >= 15 is 0 Å². The average molecular weight is 285 g/mol. The monoisotopic (exact) mass is 284 g/mol. The summed E-state index contributed by atoms with van der Waals surface area (Å²) in [5.41, 5.74) is 0.264. The smallest absolute Gasteiger partial charge is 0.257 e. The van der Waals surface area contributed by atoms with Crippen molar-refractivity contribution in [2.45, 2.75) is 0 Å². The Hall–Kier alpha value is -1.92. The van der Waals surface area contributed by atoms with Gasteiger partial charge < -0.3 is 10.4 Å². The second-order valence-corrected chi connectivity index (χ2v) is 3.93. The van der Waals surface area contributed by atoms with Crippen molar-refractivity contribution in [2.24, 2.45) is 0 Å². The van der Waals surface area contributed by atoms with E-state index in [1.165, 1.54) is 24.8 Å². The molecular formula is C10H6Cl2N4O2. The van der Waals surface area contributed by atoms with Crippen molar-refractivity contribution >= 4 is 34.8 Å². The van der Waals surface area contributed by atoms with Gasteiger partial charge in [0.2, 0.25) is 0 Å². The Morgan fingerprint density at radius 3 is 2.50 bits per heavy atom. The Kier molecular flexibility index (Phi) is 3.59. The van der Waals surface area contributed by atoms with E-state index in [0.717, 1.165) is 0 Å². The Balaban J connectivity index is 2.27. The number of aromatic nitrogens is 3. The van der Waals surface area contributed by atoms with E-state index in [4.69, 9.17) is 23.2 Å². The van der Waals surface area contributed by atoms with Crippen LogP contribution >= 0.6 is 23.2 Å². The van der Waals surface area contributed by atoms with Crippen LogP contribution in [-0.2, 0) is 0 Å². The highest BCUT2D eigenvalue weighted by Crippen LogP contribution is 2.26. The molecule has 0 aliphatic carbocycles. The zero-order chi connectivity index (χ0) is 13.1. The molecule has 0 aromatic carbocycles. The lowest BCUT2D eigenvalue weighted by Gasteiger charge is -2.07. The Labute approximate surface area is 112 Å². The molecule has 8 heteroatoms. The van der Waals surface area contributed by atoms with Gasteiger partial charge in [0.05, 0.1) is 11.8 Å². The maximum absolute atomic E-state index is 11.8. The second-order valence-electron chi connectivity index (χ2n) is 3.22. The van der Waals surface area contributed by atoms with E-state index in [0.29, 0.717) is 0 Å². The zero-order valence-electron chi connectivity index (χ0n) is 8.76. The number of carbonyl (C=O) groups is 1. The molecule has 0 spiro atoms. The number of amides is 1. The first-order valence-corrected chi connectivity index (χ1v) is 5.45. The Bertz CT molecular complexity index is 586. The van der Waals surface area contributed by atoms with E-state index in [2.05, 4.69) is 20.3 Å². The predicted octanol–water partition coefficient (Wildman–Crippen LogP) is 2.14. The normalized spacial score (nSPS) is 10.1. The van der Waals surface area contributed by atoms with Crippen LogP contribution < -0.4 is 5.32 Å². The van der Waals surface area contributed by atoms with Crippen molar-refractivity contribution in [3.63, 3.8) is 0 Å². The summed E-state index contributed by atoms with van der Waals surface area (Å²) >= 11 is 11.6. The number of carbonyl (C=O) groups excluding carboxylic acids is 1. The lowest BCUT2D eigenvalue weighted by atomic mass is 10.2. The number of halogens is 2. The number of anilines is 1. The third kappa shape index (κ3) is 2.66. The summed E-state index contributed by atoms with van der Waals surface area (Å²) in [7, 11) is 0. The van der Waals surface area contributed by atoms with E-state index in [1.54, 1.807) is 0 Å². The van der Waals surface area contributed by atoms with Gasteiger partial charge in [-0.25, -0.2) is 9.97 Å². The van der Waals surface area contributed by atoms with Crippen LogP contribution in [0.3, 0.4) is 0 Å². The van der Waals surface area contributed by atoms with Crippen molar-refractivity contribution < 1.29 is 9.90 Å². The summed E-state index contributed by atoms with van der Waals surface area (Å²) in [6.45, 7) is 0. The number of nitrogens with zero attached hydrogens (tertiary/aromatic N) is 3. The number of aromatic hydroxyl groups is 1. The molecule has 2 heterocycles. The van der Waals surface area contributed by atoms with Gasteiger partial charge in [0, 0.05) is 6.20 Å². The van der Waals surface area contributed by atoms with Crippen LogP contribution in [0.1, 0.15) is 10.4 Å². The highest BCUT2D eigenvalue weighted by molar-refractivity contribution is 6.38. The Morgan fingerprint density at radius 1 is 1.22 bits per heavy atom. The van der Waals surface area contributed by atoms with Crippen LogP contribution in [0, 0.1) is 0 Å². The van der Waals surface area contributed by atoms with Crippen molar-refractivity contribution in [2.75, 3.05) is 5.32 Å². The molecule has 0 radical (unpaired) electrons. The number of rotatable bonds is 2. The van der Waals surface area contributed by atoms with Gasteiger partial charge in [-0.05, 0) is 6.07 Å².